The highest BCUT2D eigenvalue weighted by molar-refractivity contribution is 7.17. The van der Waals surface area contributed by atoms with E-state index in [4.69, 9.17) is 4.74 Å². The number of hydrogen-bond acceptors (Lipinski definition) is 4. The summed E-state index contributed by atoms with van der Waals surface area (Å²) in [6, 6.07) is 7.65. The smallest absolute Gasteiger partial charge is 0.354 e. The lowest BCUT2D eigenvalue weighted by molar-refractivity contribution is 0.0689. The maximum Gasteiger partial charge on any atom is 0.354 e. The number of ether oxygens (including phenoxy) is 1. The van der Waals surface area contributed by atoms with Crippen LogP contribution in [0.25, 0.3) is 16.2 Å². The van der Waals surface area contributed by atoms with E-state index >= 15 is 0 Å². The van der Waals surface area contributed by atoms with Crippen molar-refractivity contribution >= 4 is 22.3 Å². The predicted molar refractivity (Wildman–Crippen MR) is 81.4 cm³/mol. The number of imidazole rings is 1. The van der Waals surface area contributed by atoms with Crippen LogP contribution in [-0.2, 0) is 0 Å². The fourth-order valence-corrected chi connectivity index (χ4v) is 3.29. The van der Waals surface area contributed by atoms with E-state index in [1.165, 1.54) is 17.5 Å². The Balaban J connectivity index is 2.16. The molecule has 3 aromatic rings. The minimum atomic E-state index is -0.979. The molecular formula is C15H14N2O3S. The van der Waals surface area contributed by atoms with Crippen molar-refractivity contribution < 1.29 is 14.6 Å². The van der Waals surface area contributed by atoms with Gasteiger partial charge in [0, 0.05) is 4.88 Å². The maximum absolute atomic E-state index is 11.3. The normalized spacial score (nSPS) is 11.0. The summed E-state index contributed by atoms with van der Waals surface area (Å²) >= 11 is 1.48. The molecule has 1 aromatic carbocycles. The lowest BCUT2D eigenvalue weighted by Crippen LogP contribution is -2.02. The molecule has 0 fully saturated rings. The second kappa shape index (κ2) is 5.21. The van der Waals surface area contributed by atoms with Gasteiger partial charge in [-0.2, -0.15) is 0 Å². The number of nitrogens with zero attached hydrogens (tertiary/aromatic N) is 2. The molecule has 0 atom stereocenters. The van der Waals surface area contributed by atoms with E-state index in [0.29, 0.717) is 11.6 Å². The van der Waals surface area contributed by atoms with Crippen LogP contribution in [0.15, 0.2) is 30.5 Å². The first-order valence-electron chi connectivity index (χ1n) is 6.55. The SMILES string of the molecule is CCOc1ccc(-c2c(C)sc3ncc(C(=O)O)n23)cc1. The first kappa shape index (κ1) is 13.6. The standard InChI is InChI=1S/C15H14N2O3S/c1-3-20-11-6-4-10(5-7-11)13-9(2)21-15-16-8-12(14(18)19)17(13)15/h4-8H,3H2,1-2H3,(H,18,19). The van der Waals surface area contributed by atoms with Gasteiger partial charge < -0.3 is 9.84 Å². The number of benzene rings is 1. The van der Waals surface area contributed by atoms with E-state index in [2.05, 4.69) is 4.98 Å². The summed E-state index contributed by atoms with van der Waals surface area (Å²) in [6.45, 7) is 4.52. The Bertz CT molecular complexity index is 802. The second-order valence-electron chi connectivity index (χ2n) is 4.53. The third-order valence-corrected chi connectivity index (χ3v) is 4.16. The fraction of sp³-hybridized carbons (Fsp3) is 0.200. The predicted octanol–water partition coefficient (Wildman–Crippen LogP) is 3.47. The first-order valence-corrected chi connectivity index (χ1v) is 7.37. The number of rotatable bonds is 4. The highest BCUT2D eigenvalue weighted by Crippen LogP contribution is 2.33. The summed E-state index contributed by atoms with van der Waals surface area (Å²) in [7, 11) is 0. The van der Waals surface area contributed by atoms with Gasteiger partial charge in [0.05, 0.1) is 18.5 Å². The summed E-state index contributed by atoms with van der Waals surface area (Å²) in [5.41, 5.74) is 1.99. The molecular weight excluding hydrogens is 288 g/mol. The largest absolute Gasteiger partial charge is 0.494 e. The molecule has 0 saturated carbocycles. The lowest BCUT2D eigenvalue weighted by atomic mass is 10.1. The molecule has 0 aliphatic rings. The number of aromatic nitrogens is 2. The Hall–Kier alpha value is -2.34. The summed E-state index contributed by atoms with van der Waals surface area (Å²) in [6.07, 6.45) is 1.39. The van der Waals surface area contributed by atoms with Gasteiger partial charge in [0.25, 0.3) is 0 Å². The van der Waals surface area contributed by atoms with Crippen LogP contribution in [-0.4, -0.2) is 27.1 Å². The Morgan fingerprint density at radius 2 is 2.10 bits per heavy atom. The summed E-state index contributed by atoms with van der Waals surface area (Å²) in [5, 5.41) is 9.29. The number of hydrogen-bond donors (Lipinski definition) is 1. The van der Waals surface area contributed by atoms with Crippen LogP contribution in [0, 0.1) is 6.92 Å². The van der Waals surface area contributed by atoms with E-state index in [0.717, 1.165) is 21.9 Å². The average molecular weight is 302 g/mol. The molecule has 108 valence electrons. The van der Waals surface area contributed by atoms with E-state index < -0.39 is 5.97 Å². The molecule has 0 radical (unpaired) electrons. The number of fused-ring (bicyclic) bond motifs is 1. The number of aryl methyl sites for hydroxylation is 1. The summed E-state index contributed by atoms with van der Waals surface area (Å²) in [5.74, 6) is -0.179. The topological polar surface area (TPSA) is 63.8 Å². The lowest BCUT2D eigenvalue weighted by Gasteiger charge is -2.06. The molecule has 0 spiro atoms. The monoisotopic (exact) mass is 302 g/mol. The molecule has 0 amide bonds. The van der Waals surface area contributed by atoms with Crippen molar-refractivity contribution in [2.75, 3.05) is 6.61 Å². The quantitative estimate of drug-likeness (QED) is 0.801. The second-order valence-corrected chi connectivity index (χ2v) is 5.71. The summed E-state index contributed by atoms with van der Waals surface area (Å²) in [4.78, 5) is 17.2. The molecule has 0 saturated heterocycles. The number of thiazole rings is 1. The van der Waals surface area contributed by atoms with E-state index in [-0.39, 0.29) is 5.69 Å². The minimum absolute atomic E-state index is 0.179. The Labute approximate surface area is 125 Å². The van der Waals surface area contributed by atoms with Gasteiger partial charge in [0.1, 0.15) is 5.75 Å². The maximum atomic E-state index is 11.3. The Morgan fingerprint density at radius 3 is 2.71 bits per heavy atom. The van der Waals surface area contributed by atoms with Gasteiger partial charge in [-0.15, -0.1) is 11.3 Å². The number of carbonyl (C=O) groups is 1. The highest BCUT2D eigenvalue weighted by Gasteiger charge is 2.19. The van der Waals surface area contributed by atoms with Crippen LogP contribution >= 0.6 is 11.3 Å². The summed E-state index contributed by atoms with van der Waals surface area (Å²) < 4.78 is 7.12. The van der Waals surface area contributed by atoms with Crippen molar-refractivity contribution in [3.63, 3.8) is 0 Å². The van der Waals surface area contributed by atoms with Crippen molar-refractivity contribution in [1.29, 1.82) is 0 Å². The van der Waals surface area contributed by atoms with Gasteiger partial charge in [-0.05, 0) is 43.7 Å². The third-order valence-electron chi connectivity index (χ3n) is 3.19. The van der Waals surface area contributed by atoms with Gasteiger partial charge in [0.15, 0.2) is 10.7 Å². The Kier molecular flexibility index (Phi) is 3.39. The van der Waals surface area contributed by atoms with Crippen LogP contribution in [0.5, 0.6) is 5.75 Å². The van der Waals surface area contributed by atoms with Gasteiger partial charge in [-0.3, -0.25) is 4.40 Å². The van der Waals surface area contributed by atoms with Crippen molar-refractivity contribution in [1.82, 2.24) is 9.38 Å². The molecule has 0 bridgehead atoms. The van der Waals surface area contributed by atoms with Gasteiger partial charge in [-0.25, -0.2) is 9.78 Å². The zero-order chi connectivity index (χ0) is 15.0. The molecule has 5 nitrogen and oxygen atoms in total. The zero-order valence-electron chi connectivity index (χ0n) is 11.7. The molecule has 6 heteroatoms. The van der Waals surface area contributed by atoms with Gasteiger partial charge >= 0.3 is 5.97 Å². The third kappa shape index (κ3) is 2.27. The van der Waals surface area contributed by atoms with Crippen molar-refractivity contribution in [3.05, 3.63) is 41.0 Å². The Morgan fingerprint density at radius 1 is 1.38 bits per heavy atom. The molecule has 0 aliphatic carbocycles. The van der Waals surface area contributed by atoms with Gasteiger partial charge in [-0.1, -0.05) is 0 Å². The molecule has 2 heterocycles. The van der Waals surface area contributed by atoms with E-state index in [9.17, 15) is 9.90 Å². The molecule has 1 N–H and O–H groups in total. The molecule has 2 aromatic heterocycles. The van der Waals surface area contributed by atoms with E-state index in [1.807, 2.05) is 38.1 Å². The van der Waals surface area contributed by atoms with Crippen LogP contribution in [0.4, 0.5) is 0 Å². The first-order chi connectivity index (χ1) is 10.1. The van der Waals surface area contributed by atoms with Crippen LogP contribution in [0.3, 0.4) is 0 Å². The molecule has 21 heavy (non-hydrogen) atoms. The number of aromatic carboxylic acids is 1. The number of carboxylic acid groups (broad SMARTS) is 1. The molecule has 3 rings (SSSR count). The highest BCUT2D eigenvalue weighted by atomic mass is 32.1. The minimum Gasteiger partial charge on any atom is -0.494 e. The fourth-order valence-electron chi connectivity index (χ4n) is 2.32. The van der Waals surface area contributed by atoms with Crippen LogP contribution < -0.4 is 4.74 Å². The number of carboxylic acids is 1. The van der Waals surface area contributed by atoms with Gasteiger partial charge in [0.2, 0.25) is 0 Å². The van der Waals surface area contributed by atoms with Crippen molar-refractivity contribution in [2.45, 2.75) is 13.8 Å². The van der Waals surface area contributed by atoms with Crippen LogP contribution in [0.2, 0.25) is 0 Å². The van der Waals surface area contributed by atoms with E-state index in [1.54, 1.807) is 4.40 Å². The molecule has 0 aliphatic heterocycles. The zero-order valence-corrected chi connectivity index (χ0v) is 12.5. The van der Waals surface area contributed by atoms with Crippen molar-refractivity contribution in [3.8, 4) is 17.0 Å². The van der Waals surface area contributed by atoms with Crippen LogP contribution in [0.1, 0.15) is 22.3 Å². The molecule has 0 unspecified atom stereocenters. The van der Waals surface area contributed by atoms with Crippen molar-refractivity contribution in [2.24, 2.45) is 0 Å². The average Bonchev–Trinajstić information content (AvgIpc) is 2.98.